The molecule has 0 aliphatic carbocycles. The van der Waals surface area contributed by atoms with E-state index in [2.05, 4.69) is 34.0 Å². The van der Waals surface area contributed by atoms with Crippen molar-refractivity contribution in [3.63, 3.8) is 0 Å². The summed E-state index contributed by atoms with van der Waals surface area (Å²) in [6.45, 7) is 3.19. The number of aryl methyl sites for hydroxylation is 1. The van der Waals surface area contributed by atoms with Gasteiger partial charge in [-0.05, 0) is 29.1 Å². The Balaban J connectivity index is 1.57. The third kappa shape index (κ3) is 3.34. The lowest BCUT2D eigenvalue weighted by Crippen LogP contribution is -2.36. The quantitative estimate of drug-likeness (QED) is 0.919. The second-order valence-electron chi connectivity index (χ2n) is 5.41. The maximum atomic E-state index is 12.3. The zero-order valence-corrected chi connectivity index (χ0v) is 13.4. The van der Waals surface area contributed by atoms with Gasteiger partial charge in [0.25, 0.3) is 5.91 Å². The van der Waals surface area contributed by atoms with E-state index in [4.69, 9.17) is 4.74 Å². The van der Waals surface area contributed by atoms with Crippen molar-refractivity contribution in [2.45, 2.75) is 38.9 Å². The first-order valence-electron chi connectivity index (χ1n) is 7.55. The highest BCUT2D eigenvalue weighted by Crippen LogP contribution is 2.20. The minimum atomic E-state index is -0.0964. The zero-order chi connectivity index (χ0) is 15.4. The molecule has 0 bridgehead atoms. The van der Waals surface area contributed by atoms with Crippen LogP contribution in [0.3, 0.4) is 0 Å². The predicted molar refractivity (Wildman–Crippen MR) is 85.0 cm³/mol. The fourth-order valence-electron chi connectivity index (χ4n) is 2.61. The van der Waals surface area contributed by atoms with Crippen LogP contribution in [-0.2, 0) is 24.2 Å². The average molecular weight is 317 g/mol. The summed E-state index contributed by atoms with van der Waals surface area (Å²) in [4.78, 5) is 12.9. The van der Waals surface area contributed by atoms with Crippen molar-refractivity contribution in [1.82, 2.24) is 14.9 Å². The molecule has 1 unspecified atom stereocenters. The van der Waals surface area contributed by atoms with E-state index in [1.165, 1.54) is 11.1 Å². The minimum Gasteiger partial charge on any atom is -0.371 e. The molecule has 5 nitrogen and oxygen atoms in total. The number of hydrogen-bond acceptors (Lipinski definition) is 5. The smallest absolute Gasteiger partial charge is 0.265 e. The minimum absolute atomic E-state index is 0.0226. The second-order valence-corrected chi connectivity index (χ2v) is 6.17. The highest BCUT2D eigenvalue weighted by molar-refractivity contribution is 7.08. The summed E-state index contributed by atoms with van der Waals surface area (Å²) in [6.07, 6.45) is 2.59. The van der Waals surface area contributed by atoms with E-state index in [0.717, 1.165) is 36.5 Å². The number of nitrogens with zero attached hydrogens (tertiary/aromatic N) is 2. The molecule has 1 aliphatic heterocycles. The lowest BCUT2D eigenvalue weighted by atomic mass is 9.99. The van der Waals surface area contributed by atoms with Crippen molar-refractivity contribution in [1.29, 1.82) is 0 Å². The number of amides is 1. The third-order valence-electron chi connectivity index (χ3n) is 3.78. The van der Waals surface area contributed by atoms with Gasteiger partial charge in [0, 0.05) is 13.0 Å². The van der Waals surface area contributed by atoms with E-state index >= 15 is 0 Å². The number of carbonyl (C=O) groups excluding carboxylic acids is 1. The van der Waals surface area contributed by atoms with Crippen molar-refractivity contribution >= 4 is 17.4 Å². The Hall–Kier alpha value is -1.79. The Kier molecular flexibility index (Phi) is 4.80. The summed E-state index contributed by atoms with van der Waals surface area (Å²) in [5, 5.41) is 6.98. The lowest BCUT2D eigenvalue weighted by Gasteiger charge is -2.25. The van der Waals surface area contributed by atoms with Crippen LogP contribution in [0.25, 0.3) is 0 Å². The molecule has 1 amide bonds. The molecule has 1 aromatic carbocycles. The number of nitrogens with one attached hydrogen (secondary N) is 1. The van der Waals surface area contributed by atoms with Crippen molar-refractivity contribution in [3.05, 3.63) is 46.0 Å². The Morgan fingerprint density at radius 3 is 3.05 bits per heavy atom. The van der Waals surface area contributed by atoms with E-state index in [1.54, 1.807) is 0 Å². The number of benzene rings is 1. The molecular formula is C16H19N3O2S. The first kappa shape index (κ1) is 15.1. The number of hydrogen-bond donors (Lipinski definition) is 1. The van der Waals surface area contributed by atoms with Gasteiger partial charge in [0.05, 0.1) is 18.4 Å². The number of fused-ring (bicyclic) bond motifs is 1. The van der Waals surface area contributed by atoms with Crippen LogP contribution in [0.2, 0.25) is 0 Å². The number of carbonyl (C=O) groups is 1. The highest BCUT2D eigenvalue weighted by Gasteiger charge is 2.21. The van der Waals surface area contributed by atoms with E-state index in [1.807, 2.05) is 12.1 Å². The fraction of sp³-hybridized carbons (Fsp3) is 0.438. The van der Waals surface area contributed by atoms with Gasteiger partial charge in [0.2, 0.25) is 0 Å². The van der Waals surface area contributed by atoms with Crippen LogP contribution < -0.4 is 5.32 Å². The maximum Gasteiger partial charge on any atom is 0.265 e. The summed E-state index contributed by atoms with van der Waals surface area (Å²) in [5.41, 5.74) is 3.33. The molecule has 1 aromatic heterocycles. The average Bonchev–Trinajstić information content (AvgIpc) is 3.01. The fourth-order valence-corrected chi connectivity index (χ4v) is 3.23. The zero-order valence-electron chi connectivity index (χ0n) is 12.5. The predicted octanol–water partition coefficient (Wildman–Crippen LogP) is 2.36. The van der Waals surface area contributed by atoms with Crippen molar-refractivity contribution in [2.75, 3.05) is 6.54 Å². The molecule has 0 spiro atoms. The van der Waals surface area contributed by atoms with Crippen LogP contribution >= 0.6 is 11.5 Å². The van der Waals surface area contributed by atoms with Gasteiger partial charge in [-0.1, -0.05) is 42.1 Å². The molecule has 0 saturated carbocycles. The molecule has 116 valence electrons. The monoisotopic (exact) mass is 317 g/mol. The van der Waals surface area contributed by atoms with Gasteiger partial charge < -0.3 is 10.1 Å². The van der Waals surface area contributed by atoms with Gasteiger partial charge in [-0.3, -0.25) is 4.79 Å². The van der Waals surface area contributed by atoms with Crippen LogP contribution in [0.15, 0.2) is 24.3 Å². The van der Waals surface area contributed by atoms with E-state index in [0.29, 0.717) is 18.0 Å². The summed E-state index contributed by atoms with van der Waals surface area (Å²) in [5.74, 6) is -0.0964. The Morgan fingerprint density at radius 1 is 1.41 bits per heavy atom. The Morgan fingerprint density at radius 2 is 2.23 bits per heavy atom. The number of aromatic nitrogens is 2. The molecule has 2 heterocycles. The van der Waals surface area contributed by atoms with Gasteiger partial charge in [0.1, 0.15) is 4.88 Å². The molecule has 1 N–H and O–H groups in total. The van der Waals surface area contributed by atoms with E-state index in [-0.39, 0.29) is 12.0 Å². The first-order valence-corrected chi connectivity index (χ1v) is 8.33. The van der Waals surface area contributed by atoms with Crippen LogP contribution in [0, 0.1) is 0 Å². The molecule has 22 heavy (non-hydrogen) atoms. The lowest BCUT2D eigenvalue weighted by molar-refractivity contribution is 0.0285. The summed E-state index contributed by atoms with van der Waals surface area (Å²) in [7, 11) is 0. The third-order valence-corrected chi connectivity index (χ3v) is 4.55. The molecular weight excluding hydrogens is 298 g/mol. The largest absolute Gasteiger partial charge is 0.371 e. The first-order chi connectivity index (χ1) is 10.8. The van der Waals surface area contributed by atoms with Gasteiger partial charge in [0.15, 0.2) is 0 Å². The van der Waals surface area contributed by atoms with Crippen molar-refractivity contribution in [3.8, 4) is 0 Å². The topological polar surface area (TPSA) is 64.1 Å². The van der Waals surface area contributed by atoms with Gasteiger partial charge in [-0.2, -0.15) is 0 Å². The molecule has 1 aliphatic rings. The molecule has 6 heteroatoms. The van der Waals surface area contributed by atoms with E-state index < -0.39 is 0 Å². The number of ether oxygens (including phenoxy) is 1. The molecule has 2 aromatic rings. The normalized spacial score (nSPS) is 17.0. The molecule has 0 radical (unpaired) electrons. The summed E-state index contributed by atoms with van der Waals surface area (Å²) < 4.78 is 9.69. The van der Waals surface area contributed by atoms with Crippen LogP contribution in [0.4, 0.5) is 0 Å². The van der Waals surface area contributed by atoms with Gasteiger partial charge >= 0.3 is 0 Å². The SMILES string of the molecule is CCCc1nnsc1C(=O)NCC1Cc2ccccc2CO1. The molecule has 1 atom stereocenters. The molecule has 0 fully saturated rings. The Labute approximate surface area is 133 Å². The van der Waals surface area contributed by atoms with Crippen LogP contribution in [0.5, 0.6) is 0 Å². The number of rotatable bonds is 5. The van der Waals surface area contributed by atoms with Crippen molar-refractivity contribution in [2.24, 2.45) is 0 Å². The van der Waals surface area contributed by atoms with Crippen LogP contribution in [-0.4, -0.2) is 28.1 Å². The van der Waals surface area contributed by atoms with Gasteiger partial charge in [-0.25, -0.2) is 0 Å². The van der Waals surface area contributed by atoms with Gasteiger partial charge in [-0.15, -0.1) is 5.10 Å². The second kappa shape index (κ2) is 6.98. The van der Waals surface area contributed by atoms with Crippen LogP contribution in [0.1, 0.15) is 39.8 Å². The maximum absolute atomic E-state index is 12.3. The molecule has 0 saturated heterocycles. The summed E-state index contributed by atoms with van der Waals surface area (Å²) >= 11 is 1.16. The summed E-state index contributed by atoms with van der Waals surface area (Å²) in [6, 6.07) is 8.28. The van der Waals surface area contributed by atoms with E-state index in [9.17, 15) is 4.79 Å². The highest BCUT2D eigenvalue weighted by atomic mass is 32.1. The molecule has 3 rings (SSSR count). The Bertz CT molecular complexity index is 656. The van der Waals surface area contributed by atoms with Crippen molar-refractivity contribution < 1.29 is 9.53 Å². The standard InChI is InChI=1S/C16H19N3O2S/c1-2-5-14-15(22-19-18-14)16(20)17-9-13-8-11-6-3-4-7-12(11)10-21-13/h3-4,6-7,13H,2,5,8-10H2,1H3,(H,17,20).